The molecule has 0 saturated carbocycles. The Balaban J connectivity index is 1.84. The van der Waals surface area contributed by atoms with Crippen LogP contribution in [0.25, 0.3) is 0 Å². The maximum Gasteiger partial charge on any atom is 0.338 e. The first kappa shape index (κ1) is 19.8. The lowest BCUT2D eigenvalue weighted by molar-refractivity contribution is -0.383. The zero-order valence-corrected chi connectivity index (χ0v) is 16.2. The van der Waals surface area contributed by atoms with Gasteiger partial charge in [-0.25, -0.2) is 4.79 Å². The molecule has 0 amide bonds. The van der Waals surface area contributed by atoms with Gasteiger partial charge in [-0.3, -0.25) is 10.1 Å². The van der Waals surface area contributed by atoms with Crippen LogP contribution in [-0.4, -0.2) is 42.5 Å². The van der Waals surface area contributed by atoms with Crippen LogP contribution < -0.4 is 5.32 Å². The number of rotatable bonds is 6. The number of hydrogen-bond donors (Lipinski definition) is 1. The normalized spacial score (nSPS) is 17.1. The number of benzene rings is 2. The number of nitro benzene ring substituents is 1. The highest BCUT2D eigenvalue weighted by Gasteiger charge is 2.21. The molecule has 1 atom stereocenters. The van der Waals surface area contributed by atoms with Crippen molar-refractivity contribution < 1.29 is 14.5 Å². The standard InChI is InChI=1S/C21H25N3O4/c1-3-28-21(25)16-9-10-19(20(13-16)24(26)27)22-18-8-4-6-15(12-18)17-7-5-11-23(2)14-17/h4,6,8-10,12-13,17,22H,3,5,7,11,14H2,1-2H3. The second-order valence-electron chi connectivity index (χ2n) is 7.06. The fraction of sp³-hybridized carbons (Fsp3) is 0.381. The van der Waals surface area contributed by atoms with Gasteiger partial charge < -0.3 is 15.0 Å². The van der Waals surface area contributed by atoms with E-state index in [1.165, 1.54) is 24.1 Å². The Labute approximate surface area is 164 Å². The Morgan fingerprint density at radius 2 is 2.14 bits per heavy atom. The Kier molecular flexibility index (Phi) is 6.26. The lowest BCUT2D eigenvalue weighted by atomic mass is 9.90. The van der Waals surface area contributed by atoms with Gasteiger partial charge in [-0.2, -0.15) is 0 Å². The topological polar surface area (TPSA) is 84.7 Å². The Morgan fingerprint density at radius 1 is 1.32 bits per heavy atom. The van der Waals surface area contributed by atoms with Crippen LogP contribution in [0.2, 0.25) is 0 Å². The summed E-state index contributed by atoms with van der Waals surface area (Å²) in [6.07, 6.45) is 2.31. The van der Waals surface area contributed by atoms with Crippen LogP contribution in [0.4, 0.5) is 17.1 Å². The van der Waals surface area contributed by atoms with Crippen LogP contribution in [0.5, 0.6) is 0 Å². The van der Waals surface area contributed by atoms with E-state index in [1.54, 1.807) is 13.0 Å². The van der Waals surface area contributed by atoms with Crippen molar-refractivity contribution in [2.45, 2.75) is 25.7 Å². The molecular weight excluding hydrogens is 358 g/mol. The van der Waals surface area contributed by atoms with Crippen LogP contribution in [0.15, 0.2) is 42.5 Å². The van der Waals surface area contributed by atoms with E-state index in [2.05, 4.69) is 23.3 Å². The number of hydrogen-bond acceptors (Lipinski definition) is 6. The molecule has 1 heterocycles. The first-order chi connectivity index (χ1) is 13.5. The molecule has 148 valence electrons. The van der Waals surface area contributed by atoms with Crippen molar-refractivity contribution in [1.82, 2.24) is 4.90 Å². The van der Waals surface area contributed by atoms with Crippen LogP contribution in [0, 0.1) is 10.1 Å². The Bertz CT molecular complexity index is 868. The molecule has 2 aromatic rings. The fourth-order valence-electron chi connectivity index (χ4n) is 3.59. The van der Waals surface area contributed by atoms with Crippen molar-refractivity contribution in [3.05, 3.63) is 63.7 Å². The van der Waals surface area contributed by atoms with Crippen molar-refractivity contribution in [2.75, 3.05) is 32.1 Å². The average Bonchev–Trinajstić information content (AvgIpc) is 2.68. The number of likely N-dealkylation sites (N-methyl/N-ethyl adjacent to an activating group) is 1. The number of likely N-dealkylation sites (tertiary alicyclic amines) is 1. The number of carbonyl (C=O) groups is 1. The zero-order valence-electron chi connectivity index (χ0n) is 16.2. The minimum Gasteiger partial charge on any atom is -0.462 e. The van der Waals surface area contributed by atoms with Crippen molar-refractivity contribution in [1.29, 1.82) is 0 Å². The molecule has 1 unspecified atom stereocenters. The van der Waals surface area contributed by atoms with Crippen molar-refractivity contribution in [2.24, 2.45) is 0 Å². The number of nitro groups is 1. The van der Waals surface area contributed by atoms with E-state index in [-0.39, 0.29) is 17.9 Å². The van der Waals surface area contributed by atoms with Gasteiger partial charge in [0.05, 0.1) is 17.1 Å². The van der Waals surface area contributed by atoms with Crippen LogP contribution >= 0.6 is 0 Å². The number of anilines is 2. The average molecular weight is 383 g/mol. The summed E-state index contributed by atoms with van der Waals surface area (Å²) in [6, 6.07) is 12.3. The van der Waals surface area contributed by atoms with Gasteiger partial charge in [-0.15, -0.1) is 0 Å². The summed E-state index contributed by atoms with van der Waals surface area (Å²) in [6.45, 7) is 4.04. The highest BCUT2D eigenvalue weighted by atomic mass is 16.6. The highest BCUT2D eigenvalue weighted by molar-refractivity contribution is 5.91. The highest BCUT2D eigenvalue weighted by Crippen LogP contribution is 2.32. The molecule has 0 bridgehead atoms. The third-order valence-corrected chi connectivity index (χ3v) is 4.97. The largest absolute Gasteiger partial charge is 0.462 e. The molecule has 1 aliphatic rings. The number of ether oxygens (including phenoxy) is 1. The number of carbonyl (C=O) groups excluding carboxylic acids is 1. The minimum absolute atomic E-state index is 0.159. The molecular formula is C21H25N3O4. The van der Waals surface area contributed by atoms with E-state index >= 15 is 0 Å². The molecule has 3 rings (SSSR count). The van der Waals surface area contributed by atoms with Gasteiger partial charge in [-0.05, 0) is 69.1 Å². The molecule has 28 heavy (non-hydrogen) atoms. The third-order valence-electron chi connectivity index (χ3n) is 4.97. The van der Waals surface area contributed by atoms with E-state index in [0.717, 1.165) is 25.2 Å². The molecule has 2 aromatic carbocycles. The molecule has 1 aliphatic heterocycles. The summed E-state index contributed by atoms with van der Waals surface area (Å²) in [5, 5.41) is 14.6. The van der Waals surface area contributed by atoms with Gasteiger partial charge >= 0.3 is 5.97 Å². The second-order valence-corrected chi connectivity index (χ2v) is 7.06. The lowest BCUT2D eigenvalue weighted by Crippen LogP contribution is -2.30. The second kappa shape index (κ2) is 8.84. The summed E-state index contributed by atoms with van der Waals surface area (Å²) >= 11 is 0. The summed E-state index contributed by atoms with van der Waals surface area (Å²) in [7, 11) is 2.13. The van der Waals surface area contributed by atoms with Crippen molar-refractivity contribution in [3.8, 4) is 0 Å². The maximum absolute atomic E-state index is 11.9. The van der Waals surface area contributed by atoms with Crippen LogP contribution in [-0.2, 0) is 4.74 Å². The molecule has 0 spiro atoms. The van der Waals surface area contributed by atoms with E-state index in [4.69, 9.17) is 4.74 Å². The van der Waals surface area contributed by atoms with Gasteiger partial charge in [0.25, 0.3) is 5.69 Å². The molecule has 1 fully saturated rings. The van der Waals surface area contributed by atoms with E-state index in [9.17, 15) is 14.9 Å². The van der Waals surface area contributed by atoms with E-state index in [1.807, 2.05) is 18.2 Å². The quantitative estimate of drug-likeness (QED) is 0.454. The van der Waals surface area contributed by atoms with Crippen molar-refractivity contribution >= 4 is 23.0 Å². The molecule has 1 N–H and O–H groups in total. The SMILES string of the molecule is CCOC(=O)c1ccc(Nc2cccc(C3CCCN(C)C3)c2)c([N+](=O)[O-])c1. The predicted octanol–water partition coefficient (Wildman–Crippen LogP) is 4.32. The summed E-state index contributed by atoms with van der Waals surface area (Å²) in [4.78, 5) is 25.2. The number of nitrogens with zero attached hydrogens (tertiary/aromatic N) is 2. The summed E-state index contributed by atoms with van der Waals surface area (Å²) in [5.41, 5.74) is 2.36. The van der Waals surface area contributed by atoms with Gasteiger partial charge in [0.1, 0.15) is 5.69 Å². The lowest BCUT2D eigenvalue weighted by Gasteiger charge is -2.30. The molecule has 0 radical (unpaired) electrons. The number of esters is 1. The molecule has 1 saturated heterocycles. The van der Waals surface area contributed by atoms with Gasteiger partial charge in [0, 0.05) is 18.3 Å². The molecule has 7 nitrogen and oxygen atoms in total. The summed E-state index contributed by atoms with van der Waals surface area (Å²) < 4.78 is 4.93. The molecule has 0 aliphatic carbocycles. The zero-order chi connectivity index (χ0) is 20.1. The van der Waals surface area contributed by atoms with Crippen LogP contribution in [0.3, 0.4) is 0 Å². The number of nitrogens with one attached hydrogen (secondary N) is 1. The molecule has 0 aromatic heterocycles. The summed E-state index contributed by atoms with van der Waals surface area (Å²) in [5.74, 6) is -0.109. The molecule has 7 heteroatoms. The third kappa shape index (κ3) is 4.67. The van der Waals surface area contributed by atoms with Gasteiger partial charge in [-0.1, -0.05) is 12.1 Å². The monoisotopic (exact) mass is 383 g/mol. The predicted molar refractivity (Wildman–Crippen MR) is 108 cm³/mol. The van der Waals surface area contributed by atoms with Crippen LogP contribution in [0.1, 0.15) is 41.6 Å². The van der Waals surface area contributed by atoms with Gasteiger partial charge in [0.2, 0.25) is 0 Å². The maximum atomic E-state index is 11.9. The Morgan fingerprint density at radius 3 is 2.86 bits per heavy atom. The first-order valence-electron chi connectivity index (χ1n) is 9.49. The minimum atomic E-state index is -0.569. The van der Waals surface area contributed by atoms with E-state index in [0.29, 0.717) is 11.6 Å². The number of piperidine rings is 1. The van der Waals surface area contributed by atoms with Gasteiger partial charge in [0.15, 0.2) is 0 Å². The first-order valence-corrected chi connectivity index (χ1v) is 9.49. The van der Waals surface area contributed by atoms with Crippen molar-refractivity contribution in [3.63, 3.8) is 0 Å². The smallest absolute Gasteiger partial charge is 0.338 e. The fourth-order valence-corrected chi connectivity index (χ4v) is 3.59. The van der Waals surface area contributed by atoms with E-state index < -0.39 is 10.9 Å². The Hall–Kier alpha value is -2.93.